The number of esters is 1. The number of hydrogen-bond acceptors (Lipinski definition) is 4. The highest BCUT2D eigenvalue weighted by atomic mass is 32.2. The highest BCUT2D eigenvalue weighted by molar-refractivity contribution is 7.92. The summed E-state index contributed by atoms with van der Waals surface area (Å²) in [6, 6.07) is 6.39. The molecule has 1 aromatic rings. The van der Waals surface area contributed by atoms with Gasteiger partial charge in [0.1, 0.15) is 5.60 Å². The molecule has 0 saturated carbocycles. The molecule has 1 aromatic carbocycles. The van der Waals surface area contributed by atoms with Crippen LogP contribution >= 0.6 is 0 Å². The molecule has 0 unspecified atom stereocenters. The number of carbonyl (C=O) groups is 1. The van der Waals surface area contributed by atoms with E-state index in [1.807, 2.05) is 20.8 Å². The van der Waals surface area contributed by atoms with E-state index in [2.05, 4.69) is 0 Å². The number of sulfone groups is 1. The third kappa shape index (κ3) is 4.84. The van der Waals surface area contributed by atoms with E-state index < -0.39 is 20.2 Å². The van der Waals surface area contributed by atoms with Crippen LogP contribution in [0.25, 0.3) is 0 Å². The van der Waals surface area contributed by atoms with Gasteiger partial charge in [-0.1, -0.05) is 12.1 Å². The van der Waals surface area contributed by atoms with E-state index in [0.29, 0.717) is 0 Å². The summed E-state index contributed by atoms with van der Waals surface area (Å²) in [6.07, 6.45) is 0.132. The van der Waals surface area contributed by atoms with Crippen LogP contribution in [0.1, 0.15) is 47.1 Å². The molecule has 0 heterocycles. The van der Waals surface area contributed by atoms with Gasteiger partial charge in [0.2, 0.25) is 0 Å². The average molecular weight is 312 g/mol. The van der Waals surface area contributed by atoms with Crippen molar-refractivity contribution in [2.45, 2.75) is 63.2 Å². The summed E-state index contributed by atoms with van der Waals surface area (Å²) in [4.78, 5) is 12.0. The Balaban J connectivity index is 2.88. The zero-order valence-electron chi connectivity index (χ0n) is 13.6. The maximum atomic E-state index is 12.3. The van der Waals surface area contributed by atoms with Crippen molar-refractivity contribution < 1.29 is 17.9 Å². The molecule has 0 fully saturated rings. The van der Waals surface area contributed by atoms with Crippen LogP contribution in [0.15, 0.2) is 29.2 Å². The molecule has 5 heteroatoms. The van der Waals surface area contributed by atoms with Gasteiger partial charge in [0.05, 0.1) is 16.1 Å². The maximum Gasteiger partial charge on any atom is 0.310 e. The Bertz CT molecular complexity index is 599. The first kappa shape index (κ1) is 17.7. The normalized spacial score (nSPS) is 13.0. The number of carbonyl (C=O) groups excluding carboxylic acids is 1. The molecule has 0 N–H and O–H groups in total. The molecule has 118 valence electrons. The van der Waals surface area contributed by atoms with Crippen molar-refractivity contribution in [2.24, 2.45) is 0 Å². The zero-order chi connectivity index (χ0) is 16.5. The predicted molar refractivity (Wildman–Crippen MR) is 82.9 cm³/mol. The second-order valence-corrected chi connectivity index (χ2v) is 9.73. The Labute approximate surface area is 127 Å². The van der Waals surface area contributed by atoms with Crippen LogP contribution < -0.4 is 0 Å². The lowest BCUT2D eigenvalue weighted by atomic mass is 10.1. The summed E-state index contributed by atoms with van der Waals surface area (Å²) < 4.78 is 29.0. The highest BCUT2D eigenvalue weighted by Gasteiger charge is 2.30. The second-order valence-electron chi connectivity index (χ2n) is 7.02. The van der Waals surface area contributed by atoms with Crippen LogP contribution in [-0.2, 0) is 25.8 Å². The lowest BCUT2D eigenvalue weighted by Gasteiger charge is -2.20. The number of ether oxygens (including phenoxy) is 1. The summed E-state index contributed by atoms with van der Waals surface area (Å²) in [5, 5.41) is 0. The molecule has 1 rings (SSSR count). The summed E-state index contributed by atoms with van der Waals surface area (Å²) in [5.74, 6) is -0.325. The molecule has 0 saturated heterocycles. The van der Waals surface area contributed by atoms with Crippen molar-refractivity contribution >= 4 is 15.8 Å². The smallest absolute Gasteiger partial charge is 0.310 e. The molecular formula is C16H24O4S. The fourth-order valence-electron chi connectivity index (χ4n) is 1.68. The average Bonchev–Trinajstić information content (AvgIpc) is 2.25. The van der Waals surface area contributed by atoms with Gasteiger partial charge in [-0.2, -0.15) is 0 Å². The molecule has 4 nitrogen and oxygen atoms in total. The quantitative estimate of drug-likeness (QED) is 0.804. The van der Waals surface area contributed by atoms with Gasteiger partial charge in [0, 0.05) is 0 Å². The van der Waals surface area contributed by atoms with Crippen LogP contribution in [0.2, 0.25) is 0 Å². The number of benzene rings is 1. The third-order valence-corrected chi connectivity index (χ3v) is 5.31. The third-order valence-electron chi connectivity index (χ3n) is 2.81. The van der Waals surface area contributed by atoms with Crippen molar-refractivity contribution in [1.29, 1.82) is 0 Å². The molecule has 0 amide bonds. The number of rotatable bonds is 3. The van der Waals surface area contributed by atoms with Crippen molar-refractivity contribution in [3.05, 3.63) is 29.8 Å². The maximum absolute atomic E-state index is 12.3. The van der Waals surface area contributed by atoms with Gasteiger partial charge >= 0.3 is 5.97 Å². The van der Waals surface area contributed by atoms with Crippen molar-refractivity contribution in [1.82, 2.24) is 0 Å². The van der Waals surface area contributed by atoms with Crippen molar-refractivity contribution in [3.63, 3.8) is 0 Å². The van der Waals surface area contributed by atoms with Gasteiger partial charge in [-0.05, 0) is 59.2 Å². The second kappa shape index (κ2) is 5.79. The first-order chi connectivity index (χ1) is 9.33. The Kier molecular flexibility index (Phi) is 4.88. The predicted octanol–water partition coefficient (Wildman–Crippen LogP) is 3.14. The summed E-state index contributed by atoms with van der Waals surface area (Å²) in [7, 11) is -3.37. The Morgan fingerprint density at radius 2 is 1.48 bits per heavy atom. The fraction of sp³-hybridized carbons (Fsp3) is 0.562. The van der Waals surface area contributed by atoms with Gasteiger partial charge in [-0.25, -0.2) is 8.42 Å². The fourth-order valence-corrected chi connectivity index (χ4v) is 2.89. The summed E-state index contributed by atoms with van der Waals surface area (Å²) in [6.45, 7) is 10.4. The molecule has 0 atom stereocenters. The van der Waals surface area contributed by atoms with Crippen molar-refractivity contribution in [2.75, 3.05) is 0 Å². The molecule has 0 aromatic heterocycles. The zero-order valence-corrected chi connectivity index (χ0v) is 14.4. The van der Waals surface area contributed by atoms with Crippen LogP contribution in [0.5, 0.6) is 0 Å². The first-order valence-electron chi connectivity index (χ1n) is 6.88. The summed E-state index contributed by atoms with van der Waals surface area (Å²) in [5.41, 5.74) is 0.212. The van der Waals surface area contributed by atoms with E-state index >= 15 is 0 Å². The standard InChI is InChI=1S/C16H24O4S/c1-15(2,3)20-14(17)11-12-7-9-13(10-8-12)21(18,19)16(4,5)6/h7-10H,11H2,1-6H3. The van der Waals surface area contributed by atoms with Crippen LogP contribution in [-0.4, -0.2) is 24.7 Å². The number of hydrogen-bond donors (Lipinski definition) is 0. The van der Waals surface area contributed by atoms with E-state index in [9.17, 15) is 13.2 Å². The SMILES string of the molecule is CC(C)(C)OC(=O)Cc1ccc(S(=O)(=O)C(C)(C)C)cc1. The van der Waals surface area contributed by atoms with Crippen LogP contribution in [0.4, 0.5) is 0 Å². The monoisotopic (exact) mass is 312 g/mol. The van der Waals surface area contributed by atoms with Gasteiger partial charge in [0.15, 0.2) is 9.84 Å². The van der Waals surface area contributed by atoms with Crippen LogP contribution in [0.3, 0.4) is 0 Å². The van der Waals surface area contributed by atoms with E-state index in [1.54, 1.807) is 45.0 Å². The molecular weight excluding hydrogens is 288 g/mol. The lowest BCUT2D eigenvalue weighted by molar-refractivity contribution is -0.153. The molecule has 0 aliphatic carbocycles. The Hall–Kier alpha value is -1.36. The molecule has 0 spiro atoms. The largest absolute Gasteiger partial charge is 0.460 e. The van der Waals surface area contributed by atoms with E-state index in [-0.39, 0.29) is 17.3 Å². The van der Waals surface area contributed by atoms with Gasteiger partial charge in [-0.3, -0.25) is 4.79 Å². The minimum Gasteiger partial charge on any atom is -0.460 e. The van der Waals surface area contributed by atoms with E-state index in [4.69, 9.17) is 4.74 Å². The Morgan fingerprint density at radius 1 is 1.00 bits per heavy atom. The lowest BCUT2D eigenvalue weighted by Crippen LogP contribution is -2.28. The molecule has 0 aliphatic heterocycles. The summed E-state index contributed by atoms with van der Waals surface area (Å²) >= 11 is 0. The van der Waals surface area contributed by atoms with E-state index in [1.165, 1.54) is 0 Å². The van der Waals surface area contributed by atoms with Crippen molar-refractivity contribution in [3.8, 4) is 0 Å². The molecule has 0 aliphatic rings. The topological polar surface area (TPSA) is 60.4 Å². The van der Waals surface area contributed by atoms with Gasteiger partial charge in [0.25, 0.3) is 0 Å². The molecule has 0 bridgehead atoms. The minimum atomic E-state index is -3.37. The molecule has 21 heavy (non-hydrogen) atoms. The molecule has 0 radical (unpaired) electrons. The van der Waals surface area contributed by atoms with E-state index in [0.717, 1.165) is 5.56 Å². The van der Waals surface area contributed by atoms with Gasteiger partial charge < -0.3 is 4.74 Å². The Morgan fingerprint density at radius 3 is 1.86 bits per heavy atom. The minimum absolute atomic E-state index is 0.132. The highest BCUT2D eigenvalue weighted by Crippen LogP contribution is 2.25. The van der Waals surface area contributed by atoms with Gasteiger partial charge in [-0.15, -0.1) is 0 Å². The first-order valence-corrected chi connectivity index (χ1v) is 8.37. The van der Waals surface area contributed by atoms with Crippen LogP contribution in [0, 0.1) is 0 Å².